The fourth-order valence-corrected chi connectivity index (χ4v) is 2.60. The molecule has 0 radical (unpaired) electrons. The number of aromatic amines is 1. The summed E-state index contributed by atoms with van der Waals surface area (Å²) in [5.41, 5.74) is 13.3. The van der Waals surface area contributed by atoms with Crippen molar-refractivity contribution in [3.8, 4) is 0 Å². The molecule has 110 valence electrons. The molecule has 0 saturated heterocycles. The van der Waals surface area contributed by atoms with E-state index in [2.05, 4.69) is 35.7 Å². The van der Waals surface area contributed by atoms with Crippen molar-refractivity contribution >= 4 is 17.0 Å². The van der Waals surface area contributed by atoms with Gasteiger partial charge in [0.05, 0.1) is 5.52 Å². The van der Waals surface area contributed by atoms with Crippen LogP contribution in [0.1, 0.15) is 39.4 Å². The number of aromatic nitrogens is 3. The number of hydrogen-bond donors (Lipinski definition) is 3. The fourth-order valence-electron chi connectivity index (χ4n) is 2.60. The maximum Gasteiger partial charge on any atom is 0.179 e. The average Bonchev–Trinajstić information content (AvgIpc) is 2.74. The molecule has 0 bridgehead atoms. The second-order valence-electron chi connectivity index (χ2n) is 6.47. The zero-order valence-corrected chi connectivity index (χ0v) is 12.6. The molecule has 2 rings (SSSR count). The lowest BCUT2D eigenvalue weighted by Gasteiger charge is -2.30. The van der Waals surface area contributed by atoms with Crippen LogP contribution in [-0.2, 0) is 6.42 Å². The quantitative estimate of drug-likeness (QED) is 0.781. The number of hydrogen-bond acceptors (Lipinski definition) is 4. The Bertz CT molecular complexity index is 567. The predicted molar refractivity (Wildman–Crippen MR) is 83.2 cm³/mol. The Kier molecular flexibility index (Phi) is 4.28. The van der Waals surface area contributed by atoms with E-state index in [0.717, 1.165) is 37.1 Å². The first kappa shape index (κ1) is 14.8. The van der Waals surface area contributed by atoms with Crippen molar-refractivity contribution in [2.24, 2.45) is 17.1 Å². The third-order valence-corrected chi connectivity index (χ3v) is 3.89. The van der Waals surface area contributed by atoms with Crippen LogP contribution in [0.3, 0.4) is 0 Å². The molecule has 0 aliphatic rings. The van der Waals surface area contributed by atoms with Gasteiger partial charge in [-0.2, -0.15) is 0 Å². The Morgan fingerprint density at radius 3 is 2.60 bits per heavy atom. The van der Waals surface area contributed by atoms with E-state index in [1.807, 2.05) is 6.07 Å². The van der Waals surface area contributed by atoms with Crippen molar-refractivity contribution in [1.29, 1.82) is 0 Å². The standard InChI is InChI=1S/C15H25N5/c1-15(2,3)10(8-9-16)4-7-13-18-11-5-6-12(17)19-14(11)20-13/h5-6,10H,4,7-9,16H2,1-3H3,(H3,17,18,19,20). The Morgan fingerprint density at radius 1 is 1.20 bits per heavy atom. The number of aryl methyl sites for hydroxylation is 1. The van der Waals surface area contributed by atoms with Crippen LogP contribution >= 0.6 is 0 Å². The van der Waals surface area contributed by atoms with Gasteiger partial charge < -0.3 is 16.5 Å². The number of anilines is 1. The summed E-state index contributed by atoms with van der Waals surface area (Å²) in [5.74, 6) is 2.08. The zero-order valence-electron chi connectivity index (χ0n) is 12.6. The van der Waals surface area contributed by atoms with E-state index in [1.165, 1.54) is 0 Å². The molecular formula is C15H25N5. The van der Waals surface area contributed by atoms with E-state index < -0.39 is 0 Å². The Labute approximate surface area is 120 Å². The molecule has 2 aromatic rings. The van der Waals surface area contributed by atoms with E-state index in [4.69, 9.17) is 11.5 Å². The highest BCUT2D eigenvalue weighted by Gasteiger charge is 2.23. The number of nitrogens with zero attached hydrogens (tertiary/aromatic N) is 2. The van der Waals surface area contributed by atoms with Crippen LogP contribution in [0.15, 0.2) is 12.1 Å². The molecule has 5 heteroatoms. The van der Waals surface area contributed by atoms with E-state index in [-0.39, 0.29) is 5.41 Å². The summed E-state index contributed by atoms with van der Waals surface area (Å²) in [6.07, 6.45) is 3.04. The van der Waals surface area contributed by atoms with Gasteiger partial charge in [0.1, 0.15) is 11.6 Å². The van der Waals surface area contributed by atoms with Crippen LogP contribution in [0, 0.1) is 11.3 Å². The molecule has 5 N–H and O–H groups in total. The highest BCUT2D eigenvalue weighted by atomic mass is 15.0. The SMILES string of the molecule is CC(C)(C)C(CCN)CCc1nc2nc(N)ccc2[nH]1. The molecule has 0 fully saturated rings. The number of nitrogen functional groups attached to an aromatic ring is 1. The molecule has 0 saturated carbocycles. The van der Waals surface area contributed by atoms with Crippen molar-refractivity contribution < 1.29 is 0 Å². The number of pyridine rings is 1. The average molecular weight is 275 g/mol. The van der Waals surface area contributed by atoms with Gasteiger partial charge in [0, 0.05) is 6.42 Å². The highest BCUT2D eigenvalue weighted by molar-refractivity contribution is 5.72. The van der Waals surface area contributed by atoms with Crippen molar-refractivity contribution in [3.05, 3.63) is 18.0 Å². The van der Waals surface area contributed by atoms with Gasteiger partial charge >= 0.3 is 0 Å². The predicted octanol–water partition coefficient (Wildman–Crippen LogP) is 2.48. The third-order valence-electron chi connectivity index (χ3n) is 3.89. The largest absolute Gasteiger partial charge is 0.384 e. The molecule has 1 unspecified atom stereocenters. The zero-order chi connectivity index (χ0) is 14.8. The van der Waals surface area contributed by atoms with Crippen LogP contribution in [0.2, 0.25) is 0 Å². The second kappa shape index (κ2) is 5.79. The van der Waals surface area contributed by atoms with Crippen molar-refractivity contribution in [2.45, 2.75) is 40.0 Å². The summed E-state index contributed by atoms with van der Waals surface area (Å²) >= 11 is 0. The molecule has 0 aromatic carbocycles. The van der Waals surface area contributed by atoms with Gasteiger partial charge in [0.25, 0.3) is 0 Å². The maximum absolute atomic E-state index is 5.73. The fraction of sp³-hybridized carbons (Fsp3) is 0.600. The van der Waals surface area contributed by atoms with Gasteiger partial charge in [-0.1, -0.05) is 20.8 Å². The summed E-state index contributed by atoms with van der Waals surface area (Å²) in [6.45, 7) is 7.55. The minimum atomic E-state index is 0.272. The van der Waals surface area contributed by atoms with Gasteiger partial charge in [0.15, 0.2) is 5.65 Å². The first-order valence-corrected chi connectivity index (χ1v) is 7.21. The number of rotatable bonds is 5. The number of H-pyrrole nitrogens is 1. The molecule has 1 atom stereocenters. The molecule has 2 heterocycles. The summed E-state index contributed by atoms with van der Waals surface area (Å²) in [6, 6.07) is 3.71. The summed E-state index contributed by atoms with van der Waals surface area (Å²) in [4.78, 5) is 12.0. The first-order chi connectivity index (χ1) is 9.40. The molecule has 20 heavy (non-hydrogen) atoms. The van der Waals surface area contributed by atoms with E-state index in [0.29, 0.717) is 17.4 Å². The van der Waals surface area contributed by atoms with Crippen LogP contribution in [0.25, 0.3) is 11.2 Å². The second-order valence-corrected chi connectivity index (χ2v) is 6.47. The molecule has 0 aliphatic heterocycles. The Morgan fingerprint density at radius 2 is 1.95 bits per heavy atom. The minimum Gasteiger partial charge on any atom is -0.384 e. The maximum atomic E-state index is 5.73. The van der Waals surface area contributed by atoms with Crippen molar-refractivity contribution in [3.63, 3.8) is 0 Å². The van der Waals surface area contributed by atoms with E-state index >= 15 is 0 Å². The molecular weight excluding hydrogens is 250 g/mol. The van der Waals surface area contributed by atoms with Gasteiger partial charge in [0.2, 0.25) is 0 Å². The lowest BCUT2D eigenvalue weighted by molar-refractivity contribution is 0.214. The number of imidazole rings is 1. The van der Waals surface area contributed by atoms with Crippen molar-refractivity contribution in [2.75, 3.05) is 12.3 Å². The van der Waals surface area contributed by atoms with Gasteiger partial charge in [-0.25, -0.2) is 9.97 Å². The van der Waals surface area contributed by atoms with Gasteiger partial charge in [-0.05, 0) is 42.9 Å². The van der Waals surface area contributed by atoms with Crippen LogP contribution < -0.4 is 11.5 Å². The van der Waals surface area contributed by atoms with E-state index in [1.54, 1.807) is 6.07 Å². The van der Waals surface area contributed by atoms with Crippen molar-refractivity contribution in [1.82, 2.24) is 15.0 Å². The topological polar surface area (TPSA) is 93.6 Å². The molecule has 2 aromatic heterocycles. The lowest BCUT2D eigenvalue weighted by Crippen LogP contribution is -2.24. The monoisotopic (exact) mass is 275 g/mol. The Hall–Kier alpha value is -1.62. The number of fused-ring (bicyclic) bond motifs is 1. The lowest BCUT2D eigenvalue weighted by atomic mass is 9.76. The summed E-state index contributed by atoms with van der Waals surface area (Å²) < 4.78 is 0. The normalized spacial score (nSPS) is 13.8. The molecule has 0 amide bonds. The number of nitrogens with two attached hydrogens (primary N) is 2. The third kappa shape index (κ3) is 3.48. The number of nitrogens with one attached hydrogen (secondary N) is 1. The summed E-state index contributed by atoms with van der Waals surface area (Å²) in [7, 11) is 0. The summed E-state index contributed by atoms with van der Waals surface area (Å²) in [5, 5.41) is 0. The van der Waals surface area contributed by atoms with E-state index in [9.17, 15) is 0 Å². The van der Waals surface area contributed by atoms with Gasteiger partial charge in [-0.15, -0.1) is 0 Å². The van der Waals surface area contributed by atoms with Crippen LogP contribution in [-0.4, -0.2) is 21.5 Å². The first-order valence-electron chi connectivity index (χ1n) is 7.21. The molecule has 0 aliphatic carbocycles. The van der Waals surface area contributed by atoms with Crippen LogP contribution in [0.5, 0.6) is 0 Å². The highest BCUT2D eigenvalue weighted by Crippen LogP contribution is 2.32. The smallest absolute Gasteiger partial charge is 0.179 e. The minimum absolute atomic E-state index is 0.272. The van der Waals surface area contributed by atoms with Crippen LogP contribution in [0.4, 0.5) is 5.82 Å². The Balaban J connectivity index is 2.07. The van der Waals surface area contributed by atoms with Gasteiger partial charge in [-0.3, -0.25) is 0 Å². The molecule has 5 nitrogen and oxygen atoms in total. The molecule has 0 spiro atoms.